The highest BCUT2D eigenvalue weighted by atomic mass is 19.3. The molecule has 0 aromatic carbocycles. The Morgan fingerprint density at radius 2 is 2.00 bits per heavy atom. The van der Waals surface area contributed by atoms with Crippen LogP contribution in [0.4, 0.5) is 14.6 Å². The van der Waals surface area contributed by atoms with Crippen LogP contribution in [0.3, 0.4) is 0 Å². The third-order valence-corrected chi connectivity index (χ3v) is 5.13. The molecule has 2 aromatic heterocycles. The lowest BCUT2D eigenvalue weighted by Gasteiger charge is -2.30. The second-order valence-corrected chi connectivity index (χ2v) is 7.30. The Hall–Kier alpha value is -1.96. The third kappa shape index (κ3) is 3.27. The molecule has 2 fully saturated rings. The summed E-state index contributed by atoms with van der Waals surface area (Å²) in [5.41, 5.74) is 1.47. The molecular weight excluding hydrogens is 328 g/mol. The van der Waals surface area contributed by atoms with Crippen molar-refractivity contribution in [1.29, 1.82) is 0 Å². The molecule has 6 nitrogen and oxygen atoms in total. The maximum Gasteiger partial charge on any atom is 0.388 e. The van der Waals surface area contributed by atoms with Crippen molar-refractivity contribution in [3.05, 3.63) is 17.8 Å². The first-order valence-corrected chi connectivity index (χ1v) is 8.85. The topological polar surface area (TPSA) is 63.5 Å². The highest BCUT2D eigenvalue weighted by Crippen LogP contribution is 2.31. The quantitative estimate of drug-likeness (QED) is 0.866. The summed E-state index contributed by atoms with van der Waals surface area (Å²) in [5.74, 6) is 0.762. The number of rotatable bonds is 5. The van der Waals surface area contributed by atoms with Crippen LogP contribution in [0.1, 0.15) is 51.0 Å². The molecule has 4 rings (SSSR count). The number of fused-ring (bicyclic) bond motifs is 3. The van der Waals surface area contributed by atoms with Gasteiger partial charge in [0.2, 0.25) is 5.88 Å². The average molecular weight is 351 g/mol. The highest BCUT2D eigenvalue weighted by Gasteiger charge is 2.33. The van der Waals surface area contributed by atoms with Gasteiger partial charge in [0.1, 0.15) is 5.82 Å². The monoisotopic (exact) mass is 351 g/mol. The number of nitrogens with zero attached hydrogens (tertiary/aromatic N) is 3. The Bertz CT molecular complexity index is 751. The number of piperidine rings is 1. The molecular formula is C17H23F2N5O. The van der Waals surface area contributed by atoms with E-state index in [2.05, 4.69) is 25.5 Å². The van der Waals surface area contributed by atoms with Gasteiger partial charge in [-0.3, -0.25) is 0 Å². The molecule has 8 heteroatoms. The molecule has 2 saturated heterocycles. The molecule has 0 aliphatic carbocycles. The van der Waals surface area contributed by atoms with E-state index < -0.39 is 6.61 Å². The third-order valence-electron chi connectivity index (χ3n) is 5.13. The van der Waals surface area contributed by atoms with Gasteiger partial charge < -0.3 is 15.4 Å². The Kier molecular flexibility index (Phi) is 4.23. The number of ether oxygens (including phenoxy) is 1. The van der Waals surface area contributed by atoms with Crippen LogP contribution in [-0.2, 0) is 0 Å². The molecule has 2 unspecified atom stereocenters. The van der Waals surface area contributed by atoms with Crippen molar-refractivity contribution in [2.24, 2.45) is 0 Å². The van der Waals surface area contributed by atoms with Crippen LogP contribution in [0.25, 0.3) is 5.65 Å². The Morgan fingerprint density at radius 1 is 1.28 bits per heavy atom. The predicted molar refractivity (Wildman–Crippen MR) is 90.3 cm³/mol. The lowest BCUT2D eigenvalue weighted by Crippen LogP contribution is -2.43. The minimum atomic E-state index is -2.90. The Balaban J connectivity index is 1.68. The molecule has 2 aliphatic rings. The first kappa shape index (κ1) is 16.5. The van der Waals surface area contributed by atoms with Gasteiger partial charge in [0.05, 0.1) is 6.20 Å². The van der Waals surface area contributed by atoms with E-state index in [1.807, 2.05) is 13.8 Å². The van der Waals surface area contributed by atoms with Gasteiger partial charge in [0, 0.05) is 29.8 Å². The van der Waals surface area contributed by atoms with Crippen molar-refractivity contribution in [3.63, 3.8) is 0 Å². The number of halogens is 2. The van der Waals surface area contributed by atoms with E-state index in [1.165, 1.54) is 18.9 Å². The normalized spacial score (nSPS) is 25.9. The first-order chi connectivity index (χ1) is 12.0. The molecule has 2 aromatic rings. The van der Waals surface area contributed by atoms with Crippen LogP contribution in [0.5, 0.6) is 5.88 Å². The fraction of sp³-hybridized carbons (Fsp3) is 0.647. The molecule has 0 spiro atoms. The number of anilines is 1. The van der Waals surface area contributed by atoms with Gasteiger partial charge in [-0.25, -0.2) is 0 Å². The minimum Gasteiger partial charge on any atom is -0.417 e. The maximum atomic E-state index is 12.7. The highest BCUT2D eigenvalue weighted by molar-refractivity contribution is 5.57. The van der Waals surface area contributed by atoms with Crippen molar-refractivity contribution in [2.45, 2.75) is 70.2 Å². The zero-order chi connectivity index (χ0) is 17.6. The van der Waals surface area contributed by atoms with Crippen LogP contribution in [0.2, 0.25) is 0 Å². The van der Waals surface area contributed by atoms with E-state index in [-0.39, 0.29) is 17.8 Å². The fourth-order valence-corrected chi connectivity index (χ4v) is 4.00. The van der Waals surface area contributed by atoms with Crippen LogP contribution in [-0.4, -0.2) is 39.3 Å². The predicted octanol–water partition coefficient (Wildman–Crippen LogP) is 3.15. The van der Waals surface area contributed by atoms with Gasteiger partial charge in [-0.1, -0.05) is 13.8 Å². The number of aromatic nitrogens is 3. The second-order valence-electron chi connectivity index (χ2n) is 7.30. The van der Waals surface area contributed by atoms with E-state index in [0.29, 0.717) is 23.5 Å². The lowest BCUT2D eigenvalue weighted by molar-refractivity contribution is -0.0527. The summed E-state index contributed by atoms with van der Waals surface area (Å²) in [4.78, 5) is 4.24. The Labute approximate surface area is 145 Å². The maximum absolute atomic E-state index is 12.7. The number of alkyl halides is 2. The smallest absolute Gasteiger partial charge is 0.388 e. The average Bonchev–Trinajstić information content (AvgIpc) is 3.10. The van der Waals surface area contributed by atoms with Crippen LogP contribution < -0.4 is 15.4 Å². The summed E-state index contributed by atoms with van der Waals surface area (Å²) in [6.45, 7) is 1.15. The summed E-state index contributed by atoms with van der Waals surface area (Å²) in [6, 6.07) is 2.87. The summed E-state index contributed by atoms with van der Waals surface area (Å²) in [7, 11) is 0. The molecule has 0 radical (unpaired) electrons. The largest absolute Gasteiger partial charge is 0.417 e. The molecule has 136 valence electrons. The van der Waals surface area contributed by atoms with Crippen molar-refractivity contribution in [2.75, 3.05) is 5.32 Å². The fourth-order valence-electron chi connectivity index (χ4n) is 4.00. The van der Waals surface area contributed by atoms with Crippen molar-refractivity contribution >= 4 is 11.5 Å². The zero-order valence-corrected chi connectivity index (χ0v) is 14.4. The molecule has 2 N–H and O–H groups in total. The molecule has 2 atom stereocenters. The SMILES string of the molecule is CC(C)c1cnn2c(NC3CC4CCC(C3)N4)cc(OC(F)F)nc12. The van der Waals surface area contributed by atoms with Crippen molar-refractivity contribution in [1.82, 2.24) is 19.9 Å². The van der Waals surface area contributed by atoms with Crippen LogP contribution >= 0.6 is 0 Å². The molecule has 25 heavy (non-hydrogen) atoms. The van der Waals surface area contributed by atoms with Crippen LogP contribution in [0.15, 0.2) is 12.3 Å². The van der Waals surface area contributed by atoms with Gasteiger partial charge in [-0.05, 0) is 31.6 Å². The molecule has 4 heterocycles. The van der Waals surface area contributed by atoms with Crippen molar-refractivity contribution in [3.8, 4) is 5.88 Å². The van der Waals surface area contributed by atoms with Gasteiger partial charge in [-0.15, -0.1) is 0 Å². The van der Waals surface area contributed by atoms with Crippen LogP contribution in [0, 0.1) is 0 Å². The zero-order valence-electron chi connectivity index (χ0n) is 14.4. The Morgan fingerprint density at radius 3 is 2.64 bits per heavy atom. The van der Waals surface area contributed by atoms with E-state index in [1.54, 1.807) is 10.7 Å². The first-order valence-electron chi connectivity index (χ1n) is 8.85. The minimum absolute atomic E-state index is 0.0793. The lowest BCUT2D eigenvalue weighted by atomic mass is 10.00. The second kappa shape index (κ2) is 6.40. The number of nitrogens with one attached hydrogen (secondary N) is 2. The molecule has 0 saturated carbocycles. The molecule has 2 aliphatic heterocycles. The van der Waals surface area contributed by atoms with Crippen molar-refractivity contribution < 1.29 is 13.5 Å². The van der Waals surface area contributed by atoms with Gasteiger partial charge in [-0.2, -0.15) is 23.4 Å². The van der Waals surface area contributed by atoms with E-state index >= 15 is 0 Å². The summed E-state index contributed by atoms with van der Waals surface area (Å²) in [5, 5.41) is 11.5. The molecule has 2 bridgehead atoms. The van der Waals surface area contributed by atoms with E-state index in [0.717, 1.165) is 18.4 Å². The summed E-state index contributed by atoms with van der Waals surface area (Å²) >= 11 is 0. The number of hydrogen-bond acceptors (Lipinski definition) is 5. The molecule has 0 amide bonds. The standard InChI is InChI=1S/C17H23F2N5O/c1-9(2)13-8-20-24-14(7-15(23-16(13)24)25-17(18)19)22-12-5-10-3-4-11(6-12)21-10/h7-12,17,21-22H,3-6H2,1-2H3. The van der Waals surface area contributed by atoms with E-state index in [4.69, 9.17) is 0 Å². The van der Waals surface area contributed by atoms with Gasteiger partial charge >= 0.3 is 6.61 Å². The number of hydrogen-bond donors (Lipinski definition) is 2. The summed E-state index contributed by atoms with van der Waals surface area (Å²) in [6.07, 6.45) is 6.19. The van der Waals surface area contributed by atoms with Gasteiger partial charge in [0.25, 0.3) is 0 Å². The summed E-state index contributed by atoms with van der Waals surface area (Å²) < 4.78 is 31.7. The van der Waals surface area contributed by atoms with Gasteiger partial charge in [0.15, 0.2) is 5.65 Å². The van der Waals surface area contributed by atoms with E-state index in [9.17, 15) is 8.78 Å².